The van der Waals surface area contributed by atoms with Crippen molar-refractivity contribution in [2.75, 3.05) is 26.2 Å². The van der Waals surface area contributed by atoms with E-state index in [9.17, 15) is 22.8 Å². The number of carbonyl (C=O) groups is 2. The van der Waals surface area contributed by atoms with Gasteiger partial charge in [0.2, 0.25) is 5.91 Å². The van der Waals surface area contributed by atoms with Crippen LogP contribution < -0.4 is 0 Å². The van der Waals surface area contributed by atoms with Gasteiger partial charge in [0.25, 0.3) is 0 Å². The normalized spacial score (nSPS) is 17.3. The number of nitrogens with zero attached hydrogens (tertiary/aromatic N) is 2. The van der Waals surface area contributed by atoms with Gasteiger partial charge in [-0.15, -0.1) is 0 Å². The van der Waals surface area contributed by atoms with Crippen LogP contribution in [0.2, 0.25) is 0 Å². The molecule has 0 aromatic heterocycles. The van der Waals surface area contributed by atoms with Gasteiger partial charge in [-0.25, -0.2) is 0 Å². The van der Waals surface area contributed by atoms with Crippen LogP contribution in [0.1, 0.15) is 13.3 Å². The molecule has 18 heavy (non-hydrogen) atoms. The first kappa shape index (κ1) is 14.5. The van der Waals surface area contributed by atoms with E-state index in [4.69, 9.17) is 0 Å². The van der Waals surface area contributed by atoms with Crippen molar-refractivity contribution in [2.24, 2.45) is 0 Å². The fourth-order valence-corrected chi connectivity index (χ4v) is 1.63. The van der Waals surface area contributed by atoms with Crippen molar-refractivity contribution in [3.05, 3.63) is 12.2 Å². The van der Waals surface area contributed by atoms with Crippen molar-refractivity contribution in [3.63, 3.8) is 0 Å². The minimum Gasteiger partial charge on any atom is -0.336 e. The number of allylic oxidation sites excluding steroid dienone is 1. The summed E-state index contributed by atoms with van der Waals surface area (Å²) in [7, 11) is 0. The van der Waals surface area contributed by atoms with Gasteiger partial charge in [0.05, 0.1) is 0 Å². The second-order valence-corrected chi connectivity index (χ2v) is 3.93. The largest absolute Gasteiger partial charge is 0.471 e. The van der Waals surface area contributed by atoms with E-state index in [1.165, 1.54) is 11.0 Å². The van der Waals surface area contributed by atoms with E-state index in [0.717, 1.165) is 11.3 Å². The van der Waals surface area contributed by atoms with E-state index in [1.54, 1.807) is 6.08 Å². The van der Waals surface area contributed by atoms with E-state index < -0.39 is 12.1 Å². The van der Waals surface area contributed by atoms with Crippen molar-refractivity contribution in [1.29, 1.82) is 0 Å². The first-order valence-electron chi connectivity index (χ1n) is 5.67. The van der Waals surface area contributed by atoms with Crippen LogP contribution >= 0.6 is 0 Å². The molecule has 0 radical (unpaired) electrons. The highest BCUT2D eigenvalue weighted by molar-refractivity contribution is 5.88. The minimum atomic E-state index is -4.84. The first-order valence-corrected chi connectivity index (χ1v) is 5.67. The summed E-state index contributed by atoms with van der Waals surface area (Å²) in [5.74, 6) is -2.06. The summed E-state index contributed by atoms with van der Waals surface area (Å²) in [6.07, 6.45) is -1.02. The second kappa shape index (κ2) is 5.88. The summed E-state index contributed by atoms with van der Waals surface area (Å²) < 4.78 is 36.5. The molecule has 7 heteroatoms. The number of amides is 2. The molecule has 0 atom stereocenters. The van der Waals surface area contributed by atoms with Crippen LogP contribution in [0.4, 0.5) is 13.2 Å². The maximum absolute atomic E-state index is 12.2. The highest BCUT2D eigenvalue weighted by atomic mass is 19.4. The molecular weight excluding hydrogens is 249 g/mol. The lowest BCUT2D eigenvalue weighted by Gasteiger charge is -2.34. The number of piperazine rings is 1. The van der Waals surface area contributed by atoms with Gasteiger partial charge in [-0.3, -0.25) is 9.59 Å². The molecule has 0 bridgehead atoms. The molecule has 1 aliphatic heterocycles. The third-order valence-corrected chi connectivity index (χ3v) is 2.62. The summed E-state index contributed by atoms with van der Waals surface area (Å²) >= 11 is 0. The van der Waals surface area contributed by atoms with Gasteiger partial charge in [0.15, 0.2) is 0 Å². The minimum absolute atomic E-state index is 0.0793. The topological polar surface area (TPSA) is 40.6 Å². The zero-order valence-electron chi connectivity index (χ0n) is 10.0. The standard InChI is InChI=1S/C11H15F3N2O2/c1-2-3-4-9(17)15-5-7-16(8-6-15)10(18)11(12,13)14/h3-4H,2,5-8H2,1H3/b4-3+. The fourth-order valence-electron chi connectivity index (χ4n) is 1.63. The van der Waals surface area contributed by atoms with E-state index in [0.29, 0.717) is 0 Å². The van der Waals surface area contributed by atoms with Crippen molar-refractivity contribution in [3.8, 4) is 0 Å². The van der Waals surface area contributed by atoms with Crippen LogP contribution in [0.3, 0.4) is 0 Å². The van der Waals surface area contributed by atoms with Gasteiger partial charge in [-0.05, 0) is 12.5 Å². The van der Waals surface area contributed by atoms with E-state index in [1.807, 2.05) is 6.92 Å². The van der Waals surface area contributed by atoms with Crippen LogP contribution in [0.15, 0.2) is 12.2 Å². The average Bonchev–Trinajstić information content (AvgIpc) is 2.34. The van der Waals surface area contributed by atoms with Crippen molar-refractivity contribution in [2.45, 2.75) is 19.5 Å². The summed E-state index contributed by atoms with van der Waals surface area (Å²) in [5.41, 5.74) is 0. The van der Waals surface area contributed by atoms with E-state index in [-0.39, 0.29) is 32.1 Å². The van der Waals surface area contributed by atoms with Crippen molar-refractivity contribution in [1.82, 2.24) is 9.80 Å². The fraction of sp³-hybridized carbons (Fsp3) is 0.636. The monoisotopic (exact) mass is 264 g/mol. The Morgan fingerprint density at radius 2 is 1.61 bits per heavy atom. The molecule has 1 rings (SSSR count). The highest BCUT2D eigenvalue weighted by Crippen LogP contribution is 2.19. The number of halogens is 3. The predicted molar refractivity (Wildman–Crippen MR) is 58.6 cm³/mol. The molecule has 0 N–H and O–H groups in total. The molecule has 1 fully saturated rings. The SMILES string of the molecule is CC/C=C/C(=O)N1CCN(C(=O)C(F)(F)F)CC1. The molecule has 2 amide bonds. The van der Waals surface area contributed by atoms with Crippen LogP contribution in [0.25, 0.3) is 0 Å². The van der Waals surface area contributed by atoms with Gasteiger partial charge < -0.3 is 9.80 Å². The Morgan fingerprint density at radius 3 is 2.06 bits per heavy atom. The molecule has 0 unspecified atom stereocenters. The zero-order chi connectivity index (χ0) is 13.8. The Labute approximate surface area is 103 Å². The lowest BCUT2D eigenvalue weighted by molar-refractivity contribution is -0.187. The Bertz CT molecular complexity index is 345. The molecule has 0 aromatic rings. The third-order valence-electron chi connectivity index (χ3n) is 2.62. The number of rotatable bonds is 2. The van der Waals surface area contributed by atoms with Crippen LogP contribution in [0.5, 0.6) is 0 Å². The molecule has 0 spiro atoms. The smallest absolute Gasteiger partial charge is 0.336 e. The molecular formula is C11H15F3N2O2. The van der Waals surface area contributed by atoms with E-state index >= 15 is 0 Å². The molecule has 4 nitrogen and oxygen atoms in total. The second-order valence-electron chi connectivity index (χ2n) is 3.93. The lowest BCUT2D eigenvalue weighted by Crippen LogP contribution is -2.53. The Hall–Kier alpha value is -1.53. The molecule has 0 aromatic carbocycles. The quantitative estimate of drug-likeness (QED) is 0.703. The van der Waals surface area contributed by atoms with Crippen molar-refractivity contribution >= 4 is 11.8 Å². The number of carbonyl (C=O) groups excluding carboxylic acids is 2. The number of hydrogen-bond donors (Lipinski definition) is 0. The zero-order valence-corrected chi connectivity index (χ0v) is 10.0. The molecule has 1 heterocycles. The molecule has 0 saturated carbocycles. The van der Waals surface area contributed by atoms with Gasteiger partial charge >= 0.3 is 12.1 Å². The first-order chi connectivity index (χ1) is 8.36. The third kappa shape index (κ3) is 3.75. The molecule has 1 saturated heterocycles. The average molecular weight is 264 g/mol. The Kier molecular flexibility index (Phi) is 4.75. The van der Waals surface area contributed by atoms with Crippen LogP contribution in [0, 0.1) is 0 Å². The number of hydrogen-bond acceptors (Lipinski definition) is 2. The summed E-state index contributed by atoms with van der Waals surface area (Å²) in [4.78, 5) is 24.7. The van der Waals surface area contributed by atoms with Gasteiger partial charge in [0.1, 0.15) is 0 Å². The van der Waals surface area contributed by atoms with Gasteiger partial charge in [-0.2, -0.15) is 13.2 Å². The summed E-state index contributed by atoms with van der Waals surface area (Å²) in [5, 5.41) is 0. The van der Waals surface area contributed by atoms with Crippen molar-refractivity contribution < 1.29 is 22.8 Å². The molecule has 1 aliphatic rings. The summed E-state index contributed by atoms with van der Waals surface area (Å²) in [6.45, 7) is 1.99. The van der Waals surface area contributed by atoms with Gasteiger partial charge in [0, 0.05) is 26.2 Å². The van der Waals surface area contributed by atoms with Crippen LogP contribution in [-0.4, -0.2) is 54.0 Å². The van der Waals surface area contributed by atoms with E-state index in [2.05, 4.69) is 0 Å². The van der Waals surface area contributed by atoms with Crippen LogP contribution in [-0.2, 0) is 9.59 Å². The molecule has 0 aliphatic carbocycles. The lowest BCUT2D eigenvalue weighted by atomic mass is 10.3. The summed E-state index contributed by atoms with van der Waals surface area (Å²) in [6, 6.07) is 0. The molecule has 102 valence electrons. The maximum atomic E-state index is 12.2. The Morgan fingerprint density at radius 1 is 1.11 bits per heavy atom. The maximum Gasteiger partial charge on any atom is 0.471 e. The predicted octanol–water partition coefficient (Wildman–Crippen LogP) is 1.19. The van der Waals surface area contributed by atoms with Gasteiger partial charge in [-0.1, -0.05) is 13.0 Å². The Balaban J connectivity index is 2.49. The number of alkyl halides is 3. The highest BCUT2D eigenvalue weighted by Gasteiger charge is 2.43.